The summed E-state index contributed by atoms with van der Waals surface area (Å²) in [4.78, 5) is 8.50. The van der Waals surface area contributed by atoms with Gasteiger partial charge in [0, 0.05) is 11.9 Å². The lowest BCUT2D eigenvalue weighted by molar-refractivity contribution is 0.681. The summed E-state index contributed by atoms with van der Waals surface area (Å²) >= 11 is 0. The third kappa shape index (κ3) is 5.16. The van der Waals surface area contributed by atoms with Crippen molar-refractivity contribution in [1.82, 2.24) is 9.97 Å². The predicted molar refractivity (Wildman–Crippen MR) is 72.9 cm³/mol. The highest BCUT2D eigenvalue weighted by Crippen LogP contribution is 2.14. The van der Waals surface area contributed by atoms with Crippen LogP contribution in [0, 0.1) is 0 Å². The van der Waals surface area contributed by atoms with Crippen LogP contribution in [-0.4, -0.2) is 9.97 Å². The molecule has 0 amide bonds. The molecule has 0 atom stereocenters. The summed E-state index contributed by atoms with van der Waals surface area (Å²) in [6.07, 6.45) is 11.5. The fourth-order valence-electron chi connectivity index (χ4n) is 1.99. The van der Waals surface area contributed by atoms with E-state index in [2.05, 4.69) is 23.8 Å². The van der Waals surface area contributed by atoms with Gasteiger partial charge >= 0.3 is 0 Å². The second-order valence-corrected chi connectivity index (χ2v) is 4.61. The van der Waals surface area contributed by atoms with Gasteiger partial charge < -0.3 is 5.73 Å². The highest BCUT2D eigenvalue weighted by molar-refractivity contribution is 5.25. The summed E-state index contributed by atoms with van der Waals surface area (Å²) in [5.74, 6) is 0.413. The van der Waals surface area contributed by atoms with E-state index >= 15 is 0 Å². The van der Waals surface area contributed by atoms with Crippen molar-refractivity contribution < 1.29 is 0 Å². The average molecular weight is 235 g/mol. The molecule has 1 aromatic rings. The van der Waals surface area contributed by atoms with Crippen molar-refractivity contribution in [2.24, 2.45) is 0 Å². The standard InChI is InChI=1S/C14H25N3/c1-3-5-7-9-12-11-16-14(15)17-13(12)10-8-6-4-2/h11H,3-10H2,1-2H3,(H2,15,16,17). The van der Waals surface area contributed by atoms with E-state index in [4.69, 9.17) is 5.73 Å². The first-order valence-electron chi connectivity index (χ1n) is 6.88. The first kappa shape index (κ1) is 13.9. The van der Waals surface area contributed by atoms with Gasteiger partial charge in [0.2, 0.25) is 5.95 Å². The molecule has 0 radical (unpaired) electrons. The molecule has 0 fully saturated rings. The first-order valence-corrected chi connectivity index (χ1v) is 6.88. The maximum absolute atomic E-state index is 5.66. The normalized spacial score (nSPS) is 10.7. The maximum atomic E-state index is 5.66. The third-order valence-corrected chi connectivity index (χ3v) is 3.04. The monoisotopic (exact) mass is 235 g/mol. The molecule has 0 unspecified atom stereocenters. The Balaban J connectivity index is 2.59. The zero-order valence-electron chi connectivity index (χ0n) is 11.2. The van der Waals surface area contributed by atoms with E-state index in [1.165, 1.54) is 49.8 Å². The number of unbranched alkanes of at least 4 members (excludes halogenated alkanes) is 4. The van der Waals surface area contributed by atoms with Crippen LogP contribution in [0.5, 0.6) is 0 Å². The van der Waals surface area contributed by atoms with E-state index in [1.807, 2.05) is 6.20 Å². The minimum absolute atomic E-state index is 0.413. The van der Waals surface area contributed by atoms with Gasteiger partial charge in [0.15, 0.2) is 0 Å². The molecule has 0 aliphatic rings. The second kappa shape index (κ2) is 8.04. The van der Waals surface area contributed by atoms with Gasteiger partial charge in [-0.3, -0.25) is 0 Å². The van der Waals surface area contributed by atoms with Gasteiger partial charge in [-0.25, -0.2) is 9.97 Å². The molecule has 1 rings (SSSR count). The second-order valence-electron chi connectivity index (χ2n) is 4.61. The smallest absolute Gasteiger partial charge is 0.220 e. The predicted octanol–water partition coefficient (Wildman–Crippen LogP) is 3.52. The molecular formula is C14H25N3. The summed E-state index contributed by atoms with van der Waals surface area (Å²) in [7, 11) is 0. The van der Waals surface area contributed by atoms with E-state index in [9.17, 15) is 0 Å². The van der Waals surface area contributed by atoms with Crippen molar-refractivity contribution in [2.45, 2.75) is 65.2 Å². The SMILES string of the molecule is CCCCCc1cnc(N)nc1CCCCC. The van der Waals surface area contributed by atoms with E-state index < -0.39 is 0 Å². The minimum atomic E-state index is 0.413. The number of anilines is 1. The number of aromatic nitrogens is 2. The molecule has 0 saturated carbocycles. The molecule has 1 heterocycles. The summed E-state index contributed by atoms with van der Waals surface area (Å²) < 4.78 is 0. The fourth-order valence-corrected chi connectivity index (χ4v) is 1.99. The van der Waals surface area contributed by atoms with Crippen molar-refractivity contribution in [2.75, 3.05) is 5.73 Å². The zero-order valence-corrected chi connectivity index (χ0v) is 11.2. The molecule has 3 heteroatoms. The van der Waals surface area contributed by atoms with Crippen molar-refractivity contribution in [3.8, 4) is 0 Å². The lowest BCUT2D eigenvalue weighted by Gasteiger charge is -2.08. The van der Waals surface area contributed by atoms with Crippen molar-refractivity contribution >= 4 is 5.95 Å². The van der Waals surface area contributed by atoms with Gasteiger partial charge in [0.05, 0.1) is 0 Å². The van der Waals surface area contributed by atoms with Crippen LogP contribution in [0.3, 0.4) is 0 Å². The maximum Gasteiger partial charge on any atom is 0.220 e. The summed E-state index contributed by atoms with van der Waals surface area (Å²) in [5.41, 5.74) is 8.13. The Kier molecular flexibility index (Phi) is 6.60. The van der Waals surface area contributed by atoms with Crippen molar-refractivity contribution in [3.63, 3.8) is 0 Å². The Morgan fingerprint density at radius 1 is 1.00 bits per heavy atom. The van der Waals surface area contributed by atoms with Crippen molar-refractivity contribution in [3.05, 3.63) is 17.5 Å². The van der Waals surface area contributed by atoms with E-state index in [0.29, 0.717) is 5.95 Å². The van der Waals surface area contributed by atoms with Crippen LogP contribution in [0.4, 0.5) is 5.95 Å². The lowest BCUT2D eigenvalue weighted by atomic mass is 10.0. The van der Waals surface area contributed by atoms with Gasteiger partial charge in [-0.15, -0.1) is 0 Å². The summed E-state index contributed by atoms with van der Waals surface area (Å²) in [5, 5.41) is 0. The van der Waals surface area contributed by atoms with Crippen LogP contribution in [-0.2, 0) is 12.8 Å². The van der Waals surface area contributed by atoms with Crippen LogP contribution < -0.4 is 5.73 Å². The highest BCUT2D eigenvalue weighted by atomic mass is 15.0. The average Bonchev–Trinajstić information content (AvgIpc) is 2.32. The van der Waals surface area contributed by atoms with Crippen LogP contribution in [0.2, 0.25) is 0 Å². The minimum Gasteiger partial charge on any atom is -0.368 e. The van der Waals surface area contributed by atoms with Gasteiger partial charge in [0.1, 0.15) is 0 Å². The quantitative estimate of drug-likeness (QED) is 0.701. The number of nitrogen functional groups attached to an aromatic ring is 1. The molecule has 0 aliphatic carbocycles. The molecule has 3 nitrogen and oxygen atoms in total. The molecule has 17 heavy (non-hydrogen) atoms. The Labute approximate surface area is 105 Å². The highest BCUT2D eigenvalue weighted by Gasteiger charge is 2.05. The van der Waals surface area contributed by atoms with Gasteiger partial charge in [0.25, 0.3) is 0 Å². The molecule has 0 bridgehead atoms. The fraction of sp³-hybridized carbons (Fsp3) is 0.714. The third-order valence-electron chi connectivity index (χ3n) is 3.04. The Morgan fingerprint density at radius 2 is 1.65 bits per heavy atom. The Morgan fingerprint density at radius 3 is 2.29 bits per heavy atom. The number of nitrogens with zero attached hydrogens (tertiary/aromatic N) is 2. The number of hydrogen-bond acceptors (Lipinski definition) is 3. The number of hydrogen-bond donors (Lipinski definition) is 1. The van der Waals surface area contributed by atoms with Crippen LogP contribution in [0.15, 0.2) is 6.20 Å². The first-order chi connectivity index (χ1) is 8.27. The lowest BCUT2D eigenvalue weighted by Crippen LogP contribution is -2.04. The molecule has 0 aliphatic heterocycles. The molecule has 1 aromatic heterocycles. The molecule has 0 saturated heterocycles. The van der Waals surface area contributed by atoms with Crippen LogP contribution in [0.1, 0.15) is 63.6 Å². The zero-order chi connectivity index (χ0) is 12.5. The summed E-state index contributed by atoms with van der Waals surface area (Å²) in [6, 6.07) is 0. The molecule has 96 valence electrons. The van der Waals surface area contributed by atoms with Gasteiger partial charge in [-0.1, -0.05) is 39.5 Å². The summed E-state index contributed by atoms with van der Waals surface area (Å²) in [6.45, 7) is 4.44. The van der Waals surface area contributed by atoms with Crippen molar-refractivity contribution in [1.29, 1.82) is 0 Å². The van der Waals surface area contributed by atoms with E-state index in [0.717, 1.165) is 12.8 Å². The van der Waals surface area contributed by atoms with Crippen LogP contribution in [0.25, 0.3) is 0 Å². The molecular weight excluding hydrogens is 210 g/mol. The molecule has 0 aromatic carbocycles. The molecule has 0 spiro atoms. The number of rotatable bonds is 8. The Bertz CT molecular complexity index is 323. The number of nitrogens with two attached hydrogens (primary N) is 1. The largest absolute Gasteiger partial charge is 0.368 e. The van der Waals surface area contributed by atoms with E-state index in [-0.39, 0.29) is 0 Å². The topological polar surface area (TPSA) is 51.8 Å². The molecule has 2 N–H and O–H groups in total. The van der Waals surface area contributed by atoms with Crippen LogP contribution >= 0.6 is 0 Å². The van der Waals surface area contributed by atoms with Gasteiger partial charge in [-0.2, -0.15) is 0 Å². The van der Waals surface area contributed by atoms with E-state index in [1.54, 1.807) is 0 Å². The Hall–Kier alpha value is -1.12. The number of aryl methyl sites for hydroxylation is 2. The van der Waals surface area contributed by atoms with Gasteiger partial charge in [-0.05, 0) is 31.2 Å².